The number of hydrogen-bond acceptors (Lipinski definition) is 4. The minimum Gasteiger partial charge on any atom is -0.392 e. The fourth-order valence-electron chi connectivity index (χ4n) is 1.61. The molecule has 98 valence electrons. The van der Waals surface area contributed by atoms with E-state index in [0.717, 1.165) is 6.54 Å². The maximum absolute atomic E-state index is 11.5. The minimum absolute atomic E-state index is 0.0313. The molecule has 0 heterocycles. The van der Waals surface area contributed by atoms with Gasteiger partial charge in [0, 0.05) is 18.3 Å². The number of hydrogen-bond donors (Lipinski definition) is 1. The van der Waals surface area contributed by atoms with E-state index in [1.165, 1.54) is 0 Å². The first-order valence-corrected chi connectivity index (χ1v) is 7.80. The average Bonchev–Trinajstić information content (AvgIpc) is 2.24. The molecule has 2 atom stereocenters. The molecule has 0 saturated carbocycles. The molecule has 1 N–H and O–H groups in total. The summed E-state index contributed by atoms with van der Waals surface area (Å²) in [5.74, 6) is 0.360. The van der Waals surface area contributed by atoms with Crippen LogP contribution in [-0.4, -0.2) is 55.2 Å². The quantitative estimate of drug-likeness (QED) is 0.696. The van der Waals surface area contributed by atoms with Crippen molar-refractivity contribution in [1.82, 2.24) is 4.90 Å². The number of aliphatic hydroxyl groups is 1. The smallest absolute Gasteiger partial charge is 0.151 e. The van der Waals surface area contributed by atoms with Gasteiger partial charge in [0.05, 0.1) is 11.9 Å². The van der Waals surface area contributed by atoms with E-state index in [1.54, 1.807) is 6.92 Å². The zero-order chi connectivity index (χ0) is 12.8. The summed E-state index contributed by atoms with van der Waals surface area (Å²) in [7, 11) is -2.94. The lowest BCUT2D eigenvalue weighted by molar-refractivity contribution is 0.0967. The van der Waals surface area contributed by atoms with Crippen LogP contribution in [0.5, 0.6) is 0 Å². The van der Waals surface area contributed by atoms with Crippen LogP contribution in [0.1, 0.15) is 34.1 Å². The molecule has 0 aliphatic heterocycles. The Kier molecular flexibility index (Phi) is 7.19. The second-order valence-electron chi connectivity index (χ2n) is 4.20. The molecule has 5 heteroatoms. The van der Waals surface area contributed by atoms with Gasteiger partial charge in [-0.05, 0) is 19.9 Å². The van der Waals surface area contributed by atoms with Crippen LogP contribution < -0.4 is 0 Å². The van der Waals surface area contributed by atoms with Crippen LogP contribution in [0.25, 0.3) is 0 Å². The van der Waals surface area contributed by atoms with Gasteiger partial charge in [0.1, 0.15) is 0 Å². The maximum atomic E-state index is 11.5. The highest BCUT2D eigenvalue weighted by Gasteiger charge is 2.20. The van der Waals surface area contributed by atoms with Crippen molar-refractivity contribution in [2.75, 3.05) is 24.6 Å². The van der Waals surface area contributed by atoms with Gasteiger partial charge < -0.3 is 5.11 Å². The molecular weight excluding hydrogens is 226 g/mol. The third-order valence-corrected chi connectivity index (χ3v) is 4.75. The highest BCUT2D eigenvalue weighted by Crippen LogP contribution is 2.06. The van der Waals surface area contributed by atoms with E-state index in [2.05, 4.69) is 0 Å². The summed E-state index contributed by atoms with van der Waals surface area (Å²) in [5, 5.41) is 9.57. The van der Waals surface area contributed by atoms with E-state index in [1.807, 2.05) is 25.7 Å². The summed E-state index contributed by atoms with van der Waals surface area (Å²) in [6.45, 7) is 8.78. The molecule has 16 heavy (non-hydrogen) atoms. The van der Waals surface area contributed by atoms with Crippen molar-refractivity contribution in [3.63, 3.8) is 0 Å². The van der Waals surface area contributed by atoms with Crippen molar-refractivity contribution in [2.45, 2.75) is 46.3 Å². The van der Waals surface area contributed by atoms with Crippen molar-refractivity contribution in [3.8, 4) is 0 Å². The lowest BCUT2D eigenvalue weighted by Gasteiger charge is -2.29. The van der Waals surface area contributed by atoms with Gasteiger partial charge in [-0.1, -0.05) is 20.8 Å². The Balaban J connectivity index is 4.37. The Labute approximate surface area is 99.6 Å². The Hall–Kier alpha value is -0.130. The van der Waals surface area contributed by atoms with Gasteiger partial charge in [0.25, 0.3) is 0 Å². The number of nitrogens with zero attached hydrogens (tertiary/aromatic N) is 1. The fraction of sp³-hybridized carbons (Fsp3) is 1.00. The normalized spacial score (nSPS) is 16.4. The molecule has 0 aliphatic carbocycles. The van der Waals surface area contributed by atoms with E-state index in [-0.39, 0.29) is 23.7 Å². The van der Waals surface area contributed by atoms with Gasteiger partial charge in [-0.25, -0.2) is 8.42 Å². The van der Waals surface area contributed by atoms with E-state index < -0.39 is 9.84 Å². The van der Waals surface area contributed by atoms with Crippen LogP contribution in [0.15, 0.2) is 0 Å². The number of sulfone groups is 1. The molecule has 0 aromatic rings. The average molecular weight is 251 g/mol. The lowest BCUT2D eigenvalue weighted by Crippen LogP contribution is -2.42. The largest absolute Gasteiger partial charge is 0.392 e. The van der Waals surface area contributed by atoms with Crippen molar-refractivity contribution >= 4 is 9.84 Å². The molecule has 2 unspecified atom stereocenters. The molecule has 0 aromatic carbocycles. The van der Waals surface area contributed by atoms with Gasteiger partial charge in [0.15, 0.2) is 9.84 Å². The predicted octanol–water partition coefficient (Wildman–Crippen LogP) is 0.902. The van der Waals surface area contributed by atoms with Crippen molar-refractivity contribution < 1.29 is 13.5 Å². The molecular formula is C11H25NO3S. The summed E-state index contributed by atoms with van der Waals surface area (Å²) >= 11 is 0. The fourth-order valence-corrected chi connectivity index (χ4v) is 2.79. The van der Waals surface area contributed by atoms with Gasteiger partial charge in [-0.3, -0.25) is 4.90 Å². The lowest BCUT2D eigenvalue weighted by atomic mass is 10.2. The molecule has 0 aliphatic rings. The SMILES string of the molecule is CCC(O)CN(CC)C(C)CS(=O)(=O)CC. The first-order valence-electron chi connectivity index (χ1n) is 5.98. The Morgan fingerprint density at radius 1 is 1.25 bits per heavy atom. The molecule has 0 saturated heterocycles. The Morgan fingerprint density at radius 2 is 1.81 bits per heavy atom. The topological polar surface area (TPSA) is 57.6 Å². The van der Waals surface area contributed by atoms with E-state index in [9.17, 15) is 13.5 Å². The second kappa shape index (κ2) is 7.25. The second-order valence-corrected chi connectivity index (χ2v) is 6.60. The molecule has 0 amide bonds. The van der Waals surface area contributed by atoms with Gasteiger partial charge in [-0.2, -0.15) is 0 Å². The molecule has 0 rings (SSSR count). The predicted molar refractivity (Wildman–Crippen MR) is 67.3 cm³/mol. The molecule has 0 aromatic heterocycles. The van der Waals surface area contributed by atoms with Crippen LogP contribution in [0, 0.1) is 0 Å². The minimum atomic E-state index is -2.94. The molecule has 0 fully saturated rings. The van der Waals surface area contributed by atoms with Crippen LogP contribution >= 0.6 is 0 Å². The molecule has 0 spiro atoms. The van der Waals surface area contributed by atoms with Gasteiger partial charge >= 0.3 is 0 Å². The number of likely N-dealkylation sites (N-methyl/N-ethyl adjacent to an activating group) is 1. The first-order chi connectivity index (χ1) is 7.36. The third-order valence-electron chi connectivity index (χ3n) is 2.88. The van der Waals surface area contributed by atoms with Crippen molar-refractivity contribution in [3.05, 3.63) is 0 Å². The van der Waals surface area contributed by atoms with Crippen LogP contribution in [0.3, 0.4) is 0 Å². The Morgan fingerprint density at radius 3 is 2.19 bits per heavy atom. The van der Waals surface area contributed by atoms with E-state index in [0.29, 0.717) is 13.0 Å². The van der Waals surface area contributed by atoms with Crippen LogP contribution in [-0.2, 0) is 9.84 Å². The third kappa shape index (κ3) is 5.82. The zero-order valence-corrected chi connectivity index (χ0v) is 11.6. The number of rotatable bonds is 8. The van der Waals surface area contributed by atoms with Crippen molar-refractivity contribution in [1.29, 1.82) is 0 Å². The summed E-state index contributed by atoms with van der Waals surface area (Å²) < 4.78 is 23.0. The highest BCUT2D eigenvalue weighted by atomic mass is 32.2. The standard InChI is InChI=1S/C11H25NO3S/c1-5-11(13)8-12(6-2)10(4)9-16(14,15)7-3/h10-11,13H,5-9H2,1-4H3. The molecule has 4 nitrogen and oxygen atoms in total. The summed E-state index contributed by atoms with van der Waals surface area (Å²) in [4.78, 5) is 2.02. The summed E-state index contributed by atoms with van der Waals surface area (Å²) in [5.41, 5.74) is 0. The zero-order valence-electron chi connectivity index (χ0n) is 10.8. The van der Waals surface area contributed by atoms with Gasteiger partial charge in [-0.15, -0.1) is 0 Å². The molecule has 0 radical (unpaired) electrons. The first kappa shape index (κ1) is 15.9. The van der Waals surface area contributed by atoms with Crippen LogP contribution in [0.4, 0.5) is 0 Å². The van der Waals surface area contributed by atoms with Crippen molar-refractivity contribution in [2.24, 2.45) is 0 Å². The van der Waals surface area contributed by atoms with E-state index >= 15 is 0 Å². The number of aliphatic hydroxyl groups excluding tert-OH is 1. The highest BCUT2D eigenvalue weighted by molar-refractivity contribution is 7.91. The molecule has 0 bridgehead atoms. The van der Waals surface area contributed by atoms with Crippen LogP contribution in [0.2, 0.25) is 0 Å². The maximum Gasteiger partial charge on any atom is 0.151 e. The van der Waals surface area contributed by atoms with E-state index in [4.69, 9.17) is 0 Å². The Bertz CT molecular complexity index is 277. The summed E-state index contributed by atoms with van der Waals surface area (Å²) in [6.07, 6.45) is 0.329. The van der Waals surface area contributed by atoms with Gasteiger partial charge in [0.2, 0.25) is 0 Å². The monoisotopic (exact) mass is 251 g/mol. The summed E-state index contributed by atoms with van der Waals surface area (Å²) in [6, 6.07) is -0.0313.